The van der Waals surface area contributed by atoms with Crippen molar-refractivity contribution in [1.82, 2.24) is 15.1 Å². The highest BCUT2D eigenvalue weighted by Crippen LogP contribution is 2.28. The van der Waals surface area contributed by atoms with Crippen LogP contribution in [0.5, 0.6) is 5.75 Å². The maximum absolute atomic E-state index is 12.9. The van der Waals surface area contributed by atoms with Crippen LogP contribution >= 0.6 is 0 Å². The SMILES string of the molecule is CN(CCN1CCC(OC(=O)Nc2ccccc2-c2ccccc2)CC1)C(=O)c1ccc(CNCc2ccc(O)cc2)o1. The fourth-order valence-electron chi connectivity index (χ4n) is 5.12. The number of carbonyl (C=O) groups excluding carboxylic acids is 2. The first-order valence-electron chi connectivity index (χ1n) is 14.6. The highest BCUT2D eigenvalue weighted by atomic mass is 16.6. The van der Waals surface area contributed by atoms with Crippen LogP contribution in [0.25, 0.3) is 11.1 Å². The van der Waals surface area contributed by atoms with Crippen molar-refractivity contribution in [2.24, 2.45) is 0 Å². The van der Waals surface area contributed by atoms with Gasteiger partial charge in [-0.3, -0.25) is 10.1 Å². The maximum Gasteiger partial charge on any atom is 0.411 e. The second-order valence-corrected chi connectivity index (χ2v) is 10.7. The number of anilines is 1. The number of amides is 2. The Bertz CT molecular complexity index is 1480. The van der Waals surface area contributed by atoms with Crippen molar-refractivity contribution in [1.29, 1.82) is 0 Å². The van der Waals surface area contributed by atoms with Crippen molar-refractivity contribution in [2.75, 3.05) is 38.5 Å². The van der Waals surface area contributed by atoms with Gasteiger partial charge in [0.15, 0.2) is 5.76 Å². The molecule has 4 aromatic rings. The van der Waals surface area contributed by atoms with Crippen LogP contribution in [0.15, 0.2) is 95.4 Å². The number of benzene rings is 3. The van der Waals surface area contributed by atoms with Crippen LogP contribution in [0.1, 0.15) is 34.7 Å². The molecule has 0 saturated carbocycles. The Balaban J connectivity index is 1.01. The summed E-state index contributed by atoms with van der Waals surface area (Å²) in [6, 6.07) is 28.2. The van der Waals surface area contributed by atoms with Crippen LogP contribution in [0.2, 0.25) is 0 Å². The molecule has 2 amide bonds. The van der Waals surface area contributed by atoms with E-state index in [4.69, 9.17) is 9.15 Å². The van der Waals surface area contributed by atoms with Crippen molar-refractivity contribution in [3.05, 3.63) is 108 Å². The van der Waals surface area contributed by atoms with Crippen LogP contribution in [-0.2, 0) is 17.8 Å². The summed E-state index contributed by atoms with van der Waals surface area (Å²) in [7, 11) is 1.78. The first kappa shape index (κ1) is 29.9. The number of piperidine rings is 1. The van der Waals surface area contributed by atoms with Crippen LogP contribution in [0.3, 0.4) is 0 Å². The zero-order chi connectivity index (χ0) is 30.0. The molecule has 2 heterocycles. The Hall–Kier alpha value is -4.60. The molecule has 1 aliphatic rings. The number of ether oxygens (including phenoxy) is 1. The van der Waals surface area contributed by atoms with Gasteiger partial charge < -0.3 is 29.4 Å². The molecule has 5 rings (SSSR count). The summed E-state index contributed by atoms with van der Waals surface area (Å²) in [5, 5.41) is 15.6. The van der Waals surface area contributed by atoms with E-state index in [0.717, 1.165) is 54.9 Å². The van der Waals surface area contributed by atoms with Crippen molar-refractivity contribution in [2.45, 2.75) is 32.0 Å². The Morgan fingerprint density at radius 2 is 1.65 bits per heavy atom. The van der Waals surface area contributed by atoms with E-state index in [0.29, 0.717) is 31.2 Å². The molecule has 9 nitrogen and oxygen atoms in total. The number of hydrogen-bond acceptors (Lipinski definition) is 7. The molecule has 0 bridgehead atoms. The summed E-state index contributed by atoms with van der Waals surface area (Å²) in [5.74, 6) is 1.08. The van der Waals surface area contributed by atoms with Gasteiger partial charge >= 0.3 is 6.09 Å². The lowest BCUT2D eigenvalue weighted by molar-refractivity contribution is 0.0534. The molecule has 1 aromatic heterocycles. The lowest BCUT2D eigenvalue weighted by Crippen LogP contribution is -2.42. The maximum atomic E-state index is 12.9. The quantitative estimate of drug-likeness (QED) is 0.207. The number of likely N-dealkylation sites (N-methyl/N-ethyl adjacent to an activating group) is 1. The topological polar surface area (TPSA) is 107 Å². The summed E-state index contributed by atoms with van der Waals surface area (Å²) in [4.78, 5) is 29.6. The predicted octanol–water partition coefficient (Wildman–Crippen LogP) is 5.73. The Morgan fingerprint density at radius 1 is 0.930 bits per heavy atom. The van der Waals surface area contributed by atoms with E-state index in [2.05, 4.69) is 15.5 Å². The first-order chi connectivity index (χ1) is 20.9. The fraction of sp³-hybridized carbons (Fsp3) is 0.294. The number of phenols is 1. The molecule has 43 heavy (non-hydrogen) atoms. The van der Waals surface area contributed by atoms with Gasteiger partial charge in [-0.2, -0.15) is 0 Å². The Kier molecular flexibility index (Phi) is 10.1. The third-order valence-electron chi connectivity index (χ3n) is 7.59. The van der Waals surface area contributed by atoms with Crippen molar-refractivity contribution >= 4 is 17.7 Å². The average molecular weight is 583 g/mol. The first-order valence-corrected chi connectivity index (χ1v) is 14.6. The minimum Gasteiger partial charge on any atom is -0.508 e. The largest absolute Gasteiger partial charge is 0.508 e. The lowest BCUT2D eigenvalue weighted by atomic mass is 10.0. The van der Waals surface area contributed by atoms with E-state index in [1.165, 1.54) is 0 Å². The van der Waals surface area contributed by atoms with Gasteiger partial charge in [0.25, 0.3) is 5.91 Å². The van der Waals surface area contributed by atoms with E-state index in [-0.39, 0.29) is 17.8 Å². The minimum atomic E-state index is -0.444. The molecule has 3 N–H and O–H groups in total. The fourth-order valence-corrected chi connectivity index (χ4v) is 5.12. The van der Waals surface area contributed by atoms with Gasteiger partial charge in [0.05, 0.1) is 12.2 Å². The number of phenolic OH excluding ortho intramolecular Hbond substituents is 1. The number of carbonyl (C=O) groups is 2. The summed E-state index contributed by atoms with van der Waals surface area (Å²) < 4.78 is 11.5. The number of hydrogen-bond donors (Lipinski definition) is 3. The molecule has 224 valence electrons. The number of likely N-dealkylation sites (tertiary alicyclic amines) is 1. The number of rotatable bonds is 11. The molecule has 1 aliphatic heterocycles. The van der Waals surface area contributed by atoms with E-state index in [1.807, 2.05) is 72.8 Å². The summed E-state index contributed by atoms with van der Waals surface area (Å²) in [6.45, 7) is 3.99. The normalized spacial score (nSPS) is 13.9. The monoisotopic (exact) mass is 582 g/mol. The zero-order valence-corrected chi connectivity index (χ0v) is 24.4. The van der Waals surface area contributed by atoms with Crippen molar-refractivity contribution in [3.8, 4) is 16.9 Å². The molecule has 1 fully saturated rings. The second-order valence-electron chi connectivity index (χ2n) is 10.7. The van der Waals surface area contributed by atoms with Crippen LogP contribution < -0.4 is 10.6 Å². The third-order valence-corrected chi connectivity index (χ3v) is 7.59. The van der Waals surface area contributed by atoms with Crippen molar-refractivity contribution < 1.29 is 23.8 Å². The van der Waals surface area contributed by atoms with Gasteiger partial charge in [-0.05, 0) is 54.3 Å². The summed E-state index contributed by atoms with van der Waals surface area (Å²) in [6.07, 6.45) is 0.887. The molecular formula is C34H38N4O5. The van der Waals surface area contributed by atoms with E-state index >= 15 is 0 Å². The van der Waals surface area contributed by atoms with Gasteiger partial charge in [0, 0.05) is 45.3 Å². The Labute approximate surface area is 252 Å². The number of nitrogens with one attached hydrogen (secondary N) is 2. The van der Waals surface area contributed by atoms with E-state index in [1.54, 1.807) is 30.1 Å². The number of nitrogens with zero attached hydrogens (tertiary/aromatic N) is 2. The van der Waals surface area contributed by atoms with Gasteiger partial charge in [-0.25, -0.2) is 4.79 Å². The Morgan fingerprint density at radius 3 is 2.42 bits per heavy atom. The van der Waals surface area contributed by atoms with Gasteiger partial charge in [-0.15, -0.1) is 0 Å². The van der Waals surface area contributed by atoms with E-state index < -0.39 is 6.09 Å². The van der Waals surface area contributed by atoms with Crippen LogP contribution in [0.4, 0.5) is 10.5 Å². The van der Waals surface area contributed by atoms with Crippen LogP contribution in [0, 0.1) is 0 Å². The lowest BCUT2D eigenvalue weighted by Gasteiger charge is -2.32. The number of aromatic hydroxyl groups is 1. The summed E-state index contributed by atoms with van der Waals surface area (Å²) in [5.41, 5.74) is 3.74. The molecule has 3 aromatic carbocycles. The molecule has 1 saturated heterocycles. The minimum absolute atomic E-state index is 0.149. The second kappa shape index (κ2) is 14.5. The predicted molar refractivity (Wildman–Crippen MR) is 166 cm³/mol. The number of furan rings is 1. The molecule has 0 atom stereocenters. The smallest absolute Gasteiger partial charge is 0.411 e. The number of para-hydroxylation sites is 1. The van der Waals surface area contributed by atoms with E-state index in [9.17, 15) is 14.7 Å². The molecule has 0 aliphatic carbocycles. The highest BCUT2D eigenvalue weighted by molar-refractivity contribution is 5.92. The molecule has 0 spiro atoms. The van der Waals surface area contributed by atoms with Gasteiger partial charge in [-0.1, -0.05) is 60.7 Å². The van der Waals surface area contributed by atoms with Gasteiger partial charge in [0.2, 0.25) is 0 Å². The van der Waals surface area contributed by atoms with Gasteiger partial charge in [0.1, 0.15) is 17.6 Å². The average Bonchev–Trinajstić information content (AvgIpc) is 3.51. The molecular weight excluding hydrogens is 544 g/mol. The molecule has 9 heteroatoms. The zero-order valence-electron chi connectivity index (χ0n) is 24.4. The summed E-state index contributed by atoms with van der Waals surface area (Å²) >= 11 is 0. The van der Waals surface area contributed by atoms with Crippen LogP contribution in [-0.4, -0.2) is 66.2 Å². The third kappa shape index (κ3) is 8.47. The standard InChI is InChI=1S/C34H38N4O5/c1-37(33(40)32-16-15-29(42-32)24-35-23-25-11-13-27(39)14-12-25)21-22-38-19-17-28(18-20-38)43-34(41)36-31-10-6-5-9-30(31)26-7-3-2-4-8-26/h2-16,28,35,39H,17-24H2,1H3,(H,36,41). The molecule has 0 unspecified atom stereocenters. The highest BCUT2D eigenvalue weighted by Gasteiger charge is 2.24. The molecule has 0 radical (unpaired) electrons. The van der Waals surface area contributed by atoms with Crippen molar-refractivity contribution in [3.63, 3.8) is 0 Å².